The van der Waals surface area contributed by atoms with Crippen LogP contribution >= 0.6 is 23.8 Å². The molecule has 2 rings (SSSR count). The minimum atomic E-state index is -0.402. The van der Waals surface area contributed by atoms with Gasteiger partial charge in [0.2, 0.25) is 0 Å². The van der Waals surface area contributed by atoms with E-state index in [9.17, 15) is 4.79 Å². The molecule has 3 nitrogen and oxygen atoms in total. The number of carbonyl (C=O) groups is 1. The summed E-state index contributed by atoms with van der Waals surface area (Å²) < 4.78 is 0. The highest BCUT2D eigenvalue weighted by Crippen LogP contribution is 2.22. The van der Waals surface area contributed by atoms with Crippen LogP contribution in [0.5, 0.6) is 0 Å². The van der Waals surface area contributed by atoms with Crippen LogP contribution in [0.3, 0.4) is 0 Å². The lowest BCUT2D eigenvalue weighted by atomic mass is 10.1. The van der Waals surface area contributed by atoms with Gasteiger partial charge in [0.25, 0.3) is 5.91 Å². The number of benzene rings is 2. The summed E-state index contributed by atoms with van der Waals surface area (Å²) in [6.07, 6.45) is 0. The first kappa shape index (κ1) is 17.4. The van der Waals surface area contributed by atoms with Gasteiger partial charge in [0.15, 0.2) is 0 Å². The van der Waals surface area contributed by atoms with Gasteiger partial charge in [0, 0.05) is 11.1 Å². The van der Waals surface area contributed by atoms with E-state index in [0.29, 0.717) is 21.1 Å². The monoisotopic (exact) mass is 346 g/mol. The van der Waals surface area contributed by atoms with E-state index in [-0.39, 0.29) is 5.91 Å². The lowest BCUT2D eigenvalue weighted by Crippen LogP contribution is -2.55. The van der Waals surface area contributed by atoms with Crippen molar-refractivity contribution >= 4 is 34.7 Å². The SMILES string of the molecule is CC(C)(C)N(NC(=O)c1ccccc1)C(=S)c1ccccc1Cl. The number of nitrogens with one attached hydrogen (secondary N) is 1. The third-order valence-electron chi connectivity index (χ3n) is 3.23. The number of rotatable bonds is 2. The van der Waals surface area contributed by atoms with Crippen molar-refractivity contribution in [2.75, 3.05) is 0 Å². The standard InChI is InChI=1S/C18H19ClN2OS/c1-18(2,3)21(17(23)14-11-7-8-12-15(14)19)20-16(22)13-9-5-4-6-10-13/h4-12H,1-3H3,(H,20,22). The van der Waals surface area contributed by atoms with Crippen LogP contribution in [0.15, 0.2) is 54.6 Å². The molecular weight excluding hydrogens is 328 g/mol. The number of thiocarbonyl (C=S) groups is 1. The van der Waals surface area contributed by atoms with Gasteiger partial charge in [-0.1, -0.05) is 60.2 Å². The fourth-order valence-electron chi connectivity index (χ4n) is 2.03. The number of hydrazine groups is 1. The smallest absolute Gasteiger partial charge is 0.269 e. The van der Waals surface area contributed by atoms with Crippen molar-refractivity contribution in [1.82, 2.24) is 10.4 Å². The predicted octanol–water partition coefficient (Wildman–Crippen LogP) is 4.46. The lowest BCUT2D eigenvalue weighted by Gasteiger charge is -2.37. The summed E-state index contributed by atoms with van der Waals surface area (Å²) in [7, 11) is 0. The maximum atomic E-state index is 12.5. The molecule has 0 unspecified atom stereocenters. The molecule has 1 amide bonds. The first-order valence-corrected chi connectivity index (χ1v) is 8.04. The minimum Gasteiger partial charge on any atom is -0.269 e. The molecule has 0 bridgehead atoms. The van der Waals surface area contributed by atoms with Crippen LogP contribution < -0.4 is 5.43 Å². The molecule has 5 heteroatoms. The van der Waals surface area contributed by atoms with Crippen LogP contribution in [0.25, 0.3) is 0 Å². The third kappa shape index (κ3) is 4.30. The Balaban J connectivity index is 2.30. The molecule has 0 aliphatic carbocycles. The number of halogens is 1. The lowest BCUT2D eigenvalue weighted by molar-refractivity contribution is 0.0780. The van der Waals surface area contributed by atoms with Crippen molar-refractivity contribution in [1.29, 1.82) is 0 Å². The first-order valence-electron chi connectivity index (χ1n) is 7.26. The van der Waals surface area contributed by atoms with Crippen LogP contribution in [0.1, 0.15) is 36.7 Å². The number of hydrogen-bond donors (Lipinski definition) is 1. The predicted molar refractivity (Wildman–Crippen MR) is 98.7 cm³/mol. The summed E-state index contributed by atoms with van der Waals surface area (Å²) in [5.74, 6) is -0.213. The van der Waals surface area contributed by atoms with Crippen LogP contribution in [0, 0.1) is 0 Å². The van der Waals surface area contributed by atoms with Gasteiger partial charge in [0.05, 0.1) is 10.6 Å². The van der Waals surface area contributed by atoms with E-state index < -0.39 is 5.54 Å². The van der Waals surface area contributed by atoms with Crippen molar-refractivity contribution in [3.8, 4) is 0 Å². The quantitative estimate of drug-likeness (QED) is 0.643. The Morgan fingerprint density at radius 1 is 1.04 bits per heavy atom. The van der Waals surface area contributed by atoms with Crippen molar-refractivity contribution in [3.63, 3.8) is 0 Å². The van der Waals surface area contributed by atoms with E-state index in [1.165, 1.54) is 0 Å². The first-order chi connectivity index (χ1) is 10.8. The van der Waals surface area contributed by atoms with E-state index in [1.54, 1.807) is 23.2 Å². The molecule has 0 saturated carbocycles. The van der Waals surface area contributed by atoms with Gasteiger partial charge in [-0.05, 0) is 39.0 Å². The Morgan fingerprint density at radius 3 is 2.17 bits per heavy atom. The van der Waals surface area contributed by atoms with E-state index in [1.807, 2.05) is 57.2 Å². The maximum absolute atomic E-state index is 12.5. The highest BCUT2D eigenvalue weighted by atomic mass is 35.5. The second kappa shape index (κ2) is 7.11. The Morgan fingerprint density at radius 2 is 1.61 bits per heavy atom. The Labute approximate surface area is 147 Å². The molecule has 0 atom stereocenters. The molecule has 0 aromatic heterocycles. The van der Waals surface area contributed by atoms with Crippen LogP contribution in [0.2, 0.25) is 5.02 Å². The summed E-state index contributed by atoms with van der Waals surface area (Å²) >= 11 is 11.8. The van der Waals surface area contributed by atoms with E-state index in [2.05, 4.69) is 5.43 Å². The van der Waals surface area contributed by atoms with Gasteiger partial charge in [-0.15, -0.1) is 0 Å². The molecule has 0 aliphatic heterocycles. The number of nitrogens with zero attached hydrogens (tertiary/aromatic N) is 1. The normalized spacial score (nSPS) is 11.0. The fraction of sp³-hybridized carbons (Fsp3) is 0.222. The van der Waals surface area contributed by atoms with Crippen molar-refractivity contribution < 1.29 is 4.79 Å². The molecule has 0 fully saturated rings. The second-order valence-corrected chi connectivity index (χ2v) is 6.89. The zero-order chi connectivity index (χ0) is 17.0. The van der Waals surface area contributed by atoms with E-state index >= 15 is 0 Å². The average molecular weight is 347 g/mol. The molecule has 120 valence electrons. The summed E-state index contributed by atoms with van der Waals surface area (Å²) in [5, 5.41) is 2.24. The zero-order valence-corrected chi connectivity index (χ0v) is 14.9. The molecule has 0 radical (unpaired) electrons. The topological polar surface area (TPSA) is 32.3 Å². The molecule has 23 heavy (non-hydrogen) atoms. The van der Waals surface area contributed by atoms with E-state index in [4.69, 9.17) is 23.8 Å². The highest BCUT2D eigenvalue weighted by Gasteiger charge is 2.27. The van der Waals surface area contributed by atoms with E-state index in [0.717, 1.165) is 0 Å². The zero-order valence-electron chi connectivity index (χ0n) is 13.3. The molecule has 1 N–H and O–H groups in total. The van der Waals surface area contributed by atoms with Crippen LogP contribution in [-0.4, -0.2) is 21.4 Å². The Kier molecular flexibility index (Phi) is 5.39. The van der Waals surface area contributed by atoms with Gasteiger partial charge in [-0.2, -0.15) is 0 Å². The van der Waals surface area contributed by atoms with Gasteiger partial charge < -0.3 is 0 Å². The molecule has 0 spiro atoms. The fourth-order valence-corrected chi connectivity index (χ4v) is 2.81. The Bertz CT molecular complexity index is 710. The summed E-state index contributed by atoms with van der Waals surface area (Å²) in [5.41, 5.74) is 3.78. The van der Waals surface area contributed by atoms with Crippen molar-refractivity contribution in [2.45, 2.75) is 26.3 Å². The number of carbonyl (C=O) groups excluding carboxylic acids is 1. The Hall–Kier alpha value is -1.91. The van der Waals surface area contributed by atoms with Gasteiger partial charge in [-0.25, -0.2) is 0 Å². The van der Waals surface area contributed by atoms with Crippen LogP contribution in [0.4, 0.5) is 0 Å². The molecule has 2 aromatic carbocycles. The second-order valence-electron chi connectivity index (χ2n) is 6.10. The molecule has 2 aromatic rings. The summed E-state index contributed by atoms with van der Waals surface area (Å²) in [6.45, 7) is 5.92. The van der Waals surface area contributed by atoms with Crippen molar-refractivity contribution in [2.24, 2.45) is 0 Å². The minimum absolute atomic E-state index is 0.213. The molecule has 0 heterocycles. The third-order valence-corrected chi connectivity index (χ3v) is 3.96. The van der Waals surface area contributed by atoms with Crippen molar-refractivity contribution in [3.05, 3.63) is 70.7 Å². The highest BCUT2D eigenvalue weighted by molar-refractivity contribution is 7.80. The number of hydrogen-bond acceptors (Lipinski definition) is 2. The van der Waals surface area contributed by atoms with Gasteiger partial charge >= 0.3 is 0 Å². The van der Waals surface area contributed by atoms with Gasteiger partial charge in [0.1, 0.15) is 4.99 Å². The molecular formula is C18H19ClN2OS. The largest absolute Gasteiger partial charge is 0.269 e. The average Bonchev–Trinajstić information content (AvgIpc) is 2.52. The molecule has 0 aliphatic rings. The van der Waals surface area contributed by atoms with Gasteiger partial charge in [-0.3, -0.25) is 15.2 Å². The summed E-state index contributed by atoms with van der Waals surface area (Å²) in [6, 6.07) is 16.4. The number of amides is 1. The molecule has 0 saturated heterocycles. The van der Waals surface area contributed by atoms with Crippen LogP contribution in [-0.2, 0) is 0 Å². The maximum Gasteiger partial charge on any atom is 0.269 e. The summed E-state index contributed by atoms with van der Waals surface area (Å²) in [4.78, 5) is 13.0.